The quantitative estimate of drug-likeness (QED) is 0.738. The van der Waals surface area contributed by atoms with Gasteiger partial charge in [0.25, 0.3) is 0 Å². The third kappa shape index (κ3) is 4.24. The number of aromatic hydroxyl groups is 1. The summed E-state index contributed by atoms with van der Waals surface area (Å²) in [5, 5.41) is 25.5. The van der Waals surface area contributed by atoms with Crippen molar-refractivity contribution in [2.75, 3.05) is 20.1 Å². The number of hydrogen-bond acceptors (Lipinski definition) is 4. The fraction of sp³-hybridized carbons (Fsp3) is 0.611. The summed E-state index contributed by atoms with van der Waals surface area (Å²) in [5.74, 6) is 1.40. The van der Waals surface area contributed by atoms with Gasteiger partial charge in [-0.05, 0) is 74.4 Å². The largest absolute Gasteiger partial charge is 0.508 e. The highest BCUT2D eigenvalue weighted by atomic mass is 16.4. The lowest BCUT2D eigenvalue weighted by Crippen LogP contribution is -2.31. The maximum Gasteiger partial charge on any atom is 0.332 e. The first kappa shape index (κ1) is 17.8. The zero-order valence-electron chi connectivity index (χ0n) is 14.1. The standard InChI is InChI=1S/C15H21NO.C3H6O3/c1-10-12-7-11-3-4-13(17)8-15(11)14(10)5-6-16(2)9-12;1-2(4)3(5)6/h3-4,8,10,12,14,17H,5-7,9H2,1-2H3;2,4H,1H3,(H,5,6). The lowest BCUT2D eigenvalue weighted by molar-refractivity contribution is -0.145. The molecular weight excluding hydrogens is 294 g/mol. The van der Waals surface area contributed by atoms with E-state index >= 15 is 0 Å². The van der Waals surface area contributed by atoms with Crippen molar-refractivity contribution >= 4 is 5.97 Å². The average molecular weight is 321 g/mol. The fourth-order valence-corrected chi connectivity index (χ4v) is 3.69. The van der Waals surface area contributed by atoms with Crippen LogP contribution in [0, 0.1) is 11.8 Å². The van der Waals surface area contributed by atoms with E-state index in [0.717, 1.165) is 11.8 Å². The summed E-state index contributed by atoms with van der Waals surface area (Å²) >= 11 is 0. The number of benzene rings is 1. The second-order valence-electron chi connectivity index (χ2n) is 6.88. The van der Waals surface area contributed by atoms with Crippen molar-refractivity contribution < 1.29 is 20.1 Å². The first-order valence-corrected chi connectivity index (χ1v) is 8.20. The molecule has 1 aliphatic heterocycles. The highest BCUT2D eigenvalue weighted by Crippen LogP contribution is 2.44. The van der Waals surface area contributed by atoms with E-state index in [9.17, 15) is 9.90 Å². The third-order valence-electron chi connectivity index (χ3n) is 5.11. The number of hydrogen-bond donors (Lipinski definition) is 3. The van der Waals surface area contributed by atoms with Gasteiger partial charge in [-0.15, -0.1) is 0 Å². The molecule has 5 nitrogen and oxygen atoms in total. The van der Waals surface area contributed by atoms with Crippen molar-refractivity contribution in [2.45, 2.75) is 38.7 Å². The predicted octanol–water partition coefficient (Wildman–Crippen LogP) is 2.07. The van der Waals surface area contributed by atoms with Gasteiger partial charge in [-0.1, -0.05) is 13.0 Å². The van der Waals surface area contributed by atoms with Crippen molar-refractivity contribution in [3.05, 3.63) is 29.3 Å². The molecule has 23 heavy (non-hydrogen) atoms. The molecule has 3 rings (SSSR count). The SMILES string of the molecule is CC(O)C(=O)O.CC1C2Cc3ccc(O)cc3C1CCN(C)C2. The van der Waals surface area contributed by atoms with Gasteiger partial charge in [-0.25, -0.2) is 4.79 Å². The molecule has 2 bridgehead atoms. The van der Waals surface area contributed by atoms with Crippen LogP contribution in [0.2, 0.25) is 0 Å². The second kappa shape index (κ2) is 7.32. The molecular formula is C18H27NO4. The van der Waals surface area contributed by atoms with Crippen molar-refractivity contribution in [1.82, 2.24) is 4.90 Å². The lowest BCUT2D eigenvalue weighted by atomic mass is 9.69. The molecule has 0 saturated carbocycles. The lowest BCUT2D eigenvalue weighted by Gasteiger charge is -2.36. The Morgan fingerprint density at radius 1 is 1.39 bits per heavy atom. The summed E-state index contributed by atoms with van der Waals surface area (Å²) < 4.78 is 0. The third-order valence-corrected chi connectivity index (χ3v) is 5.11. The maximum absolute atomic E-state index is 9.68. The monoisotopic (exact) mass is 321 g/mol. The van der Waals surface area contributed by atoms with Gasteiger partial charge >= 0.3 is 5.97 Å². The molecule has 2 aliphatic rings. The van der Waals surface area contributed by atoms with Crippen molar-refractivity contribution in [3.63, 3.8) is 0 Å². The summed E-state index contributed by atoms with van der Waals surface area (Å²) in [7, 11) is 2.23. The van der Waals surface area contributed by atoms with Crippen molar-refractivity contribution in [1.29, 1.82) is 0 Å². The van der Waals surface area contributed by atoms with Crippen LogP contribution in [0.25, 0.3) is 0 Å². The molecule has 1 aliphatic carbocycles. The Hall–Kier alpha value is -1.59. The van der Waals surface area contributed by atoms with Crippen LogP contribution >= 0.6 is 0 Å². The molecule has 0 aromatic heterocycles. The van der Waals surface area contributed by atoms with E-state index in [2.05, 4.69) is 24.9 Å². The molecule has 4 unspecified atom stereocenters. The first-order valence-electron chi connectivity index (χ1n) is 8.20. The van der Waals surface area contributed by atoms with Gasteiger partial charge in [0.2, 0.25) is 0 Å². The Kier molecular flexibility index (Phi) is 5.65. The van der Waals surface area contributed by atoms with Crippen LogP contribution in [0.15, 0.2) is 18.2 Å². The number of likely N-dealkylation sites (tertiary alicyclic amines) is 1. The van der Waals surface area contributed by atoms with Gasteiger partial charge in [0.15, 0.2) is 0 Å². The maximum atomic E-state index is 9.68. The van der Waals surface area contributed by atoms with Gasteiger partial charge in [0, 0.05) is 6.54 Å². The molecule has 0 amide bonds. The molecule has 4 atom stereocenters. The van der Waals surface area contributed by atoms with E-state index in [0.29, 0.717) is 11.7 Å². The molecule has 5 heteroatoms. The fourth-order valence-electron chi connectivity index (χ4n) is 3.69. The van der Waals surface area contributed by atoms with E-state index in [4.69, 9.17) is 10.2 Å². The highest BCUT2D eigenvalue weighted by molar-refractivity contribution is 5.71. The highest BCUT2D eigenvalue weighted by Gasteiger charge is 2.36. The summed E-state index contributed by atoms with van der Waals surface area (Å²) in [6.45, 7) is 5.99. The molecule has 0 spiro atoms. The normalized spacial score (nSPS) is 27.9. The molecule has 1 fully saturated rings. The van der Waals surface area contributed by atoms with Gasteiger partial charge in [0.1, 0.15) is 11.9 Å². The molecule has 1 aromatic carbocycles. The van der Waals surface area contributed by atoms with Crippen molar-refractivity contribution in [2.24, 2.45) is 11.8 Å². The van der Waals surface area contributed by atoms with E-state index in [-0.39, 0.29) is 0 Å². The summed E-state index contributed by atoms with van der Waals surface area (Å²) in [6, 6.07) is 5.96. The molecule has 128 valence electrons. The smallest absolute Gasteiger partial charge is 0.332 e. The Labute approximate surface area is 137 Å². The number of phenolic OH excluding ortho intramolecular Hbond substituents is 1. The van der Waals surface area contributed by atoms with E-state index in [1.54, 1.807) is 0 Å². The number of carbonyl (C=O) groups is 1. The number of carboxylic acids is 1. The minimum absolute atomic E-state index is 0.423. The van der Waals surface area contributed by atoms with Gasteiger partial charge in [0.05, 0.1) is 0 Å². The number of aliphatic hydroxyl groups is 1. The van der Waals surface area contributed by atoms with Crippen LogP contribution in [0.3, 0.4) is 0 Å². The number of carboxylic acid groups (broad SMARTS) is 1. The van der Waals surface area contributed by atoms with Crippen LogP contribution in [0.1, 0.15) is 37.3 Å². The van der Waals surface area contributed by atoms with Gasteiger partial charge in [-0.2, -0.15) is 0 Å². The van der Waals surface area contributed by atoms with Gasteiger partial charge in [-0.3, -0.25) is 0 Å². The van der Waals surface area contributed by atoms with Crippen LogP contribution in [0.4, 0.5) is 0 Å². The second-order valence-corrected chi connectivity index (χ2v) is 6.88. The molecule has 1 aromatic rings. The zero-order valence-corrected chi connectivity index (χ0v) is 14.1. The Morgan fingerprint density at radius 3 is 2.65 bits per heavy atom. The van der Waals surface area contributed by atoms with Crippen LogP contribution in [-0.2, 0) is 11.2 Å². The Morgan fingerprint density at radius 2 is 2.04 bits per heavy atom. The van der Waals surface area contributed by atoms with Crippen LogP contribution in [0.5, 0.6) is 5.75 Å². The number of fused-ring (bicyclic) bond motifs is 4. The molecule has 1 saturated heterocycles. The topological polar surface area (TPSA) is 81.0 Å². The number of aliphatic carboxylic acids is 1. The number of rotatable bonds is 1. The summed E-state index contributed by atoms with van der Waals surface area (Å²) in [6.07, 6.45) is 1.17. The van der Waals surface area contributed by atoms with E-state index in [1.807, 2.05) is 12.1 Å². The average Bonchev–Trinajstić information content (AvgIpc) is 2.56. The number of phenols is 1. The summed E-state index contributed by atoms with van der Waals surface area (Å²) in [5.41, 5.74) is 2.87. The Balaban J connectivity index is 0.000000277. The minimum atomic E-state index is -1.23. The molecule has 1 heterocycles. The molecule has 0 radical (unpaired) electrons. The van der Waals surface area contributed by atoms with Crippen LogP contribution < -0.4 is 0 Å². The molecule has 3 N–H and O–H groups in total. The number of nitrogens with zero attached hydrogens (tertiary/aromatic N) is 1. The zero-order chi connectivity index (χ0) is 17.1. The number of aliphatic hydroxyl groups excluding tert-OH is 1. The summed E-state index contributed by atoms with van der Waals surface area (Å²) in [4.78, 5) is 11.9. The minimum Gasteiger partial charge on any atom is -0.508 e. The van der Waals surface area contributed by atoms with E-state index < -0.39 is 12.1 Å². The van der Waals surface area contributed by atoms with E-state index in [1.165, 1.54) is 44.0 Å². The van der Waals surface area contributed by atoms with Crippen molar-refractivity contribution in [3.8, 4) is 5.75 Å². The Bertz CT molecular complexity index is 558. The van der Waals surface area contributed by atoms with Gasteiger partial charge < -0.3 is 20.2 Å². The predicted molar refractivity (Wildman–Crippen MR) is 88.6 cm³/mol. The van der Waals surface area contributed by atoms with Crippen LogP contribution in [-0.4, -0.2) is 52.4 Å². The first-order chi connectivity index (χ1) is 10.8.